The largest absolute Gasteiger partial charge is 0.493 e. The van der Waals surface area contributed by atoms with Crippen LogP contribution in [0.3, 0.4) is 0 Å². The van der Waals surface area contributed by atoms with Crippen molar-refractivity contribution in [1.82, 2.24) is 4.98 Å². The monoisotopic (exact) mass is 288 g/mol. The maximum Gasteiger partial charge on any atom is 0.250 e. The molecule has 5 heteroatoms. The van der Waals surface area contributed by atoms with Crippen molar-refractivity contribution < 1.29 is 13.9 Å². The first kappa shape index (κ1) is 15.0. The number of carbonyl (C=O) groups is 1. The number of nitrogens with two attached hydrogens (primary N) is 1. The minimum atomic E-state index is -0.547. The molecule has 0 fully saturated rings. The van der Waals surface area contributed by atoms with Crippen LogP contribution in [0, 0.1) is 11.7 Å². The Morgan fingerprint density at radius 2 is 2.10 bits per heavy atom. The molecule has 1 heterocycles. The summed E-state index contributed by atoms with van der Waals surface area (Å²) >= 11 is 0. The van der Waals surface area contributed by atoms with E-state index in [-0.39, 0.29) is 0 Å². The Labute approximate surface area is 122 Å². The molecule has 0 spiro atoms. The molecule has 1 aromatic heterocycles. The second kappa shape index (κ2) is 6.35. The summed E-state index contributed by atoms with van der Waals surface area (Å²) in [6.07, 6.45) is 1.37. The van der Waals surface area contributed by atoms with Crippen molar-refractivity contribution in [1.29, 1.82) is 0 Å². The van der Waals surface area contributed by atoms with Crippen molar-refractivity contribution in [2.75, 3.05) is 6.61 Å². The van der Waals surface area contributed by atoms with Gasteiger partial charge in [0.25, 0.3) is 0 Å². The molecule has 0 unspecified atom stereocenters. The Kier molecular flexibility index (Phi) is 4.52. The summed E-state index contributed by atoms with van der Waals surface area (Å²) in [4.78, 5) is 15.1. The smallest absolute Gasteiger partial charge is 0.250 e. The number of benzene rings is 1. The van der Waals surface area contributed by atoms with E-state index in [9.17, 15) is 9.18 Å². The number of hydrogen-bond donors (Lipinski definition) is 1. The number of aromatic nitrogens is 1. The van der Waals surface area contributed by atoms with Crippen LogP contribution in [-0.4, -0.2) is 17.5 Å². The number of rotatable bonds is 5. The average Bonchev–Trinajstić information content (AvgIpc) is 2.44. The van der Waals surface area contributed by atoms with E-state index in [1.54, 1.807) is 18.2 Å². The first-order chi connectivity index (χ1) is 9.95. The molecular weight excluding hydrogens is 271 g/mol. The third-order valence-electron chi connectivity index (χ3n) is 2.80. The molecule has 2 rings (SSSR count). The fourth-order valence-electron chi connectivity index (χ4n) is 1.77. The van der Waals surface area contributed by atoms with Gasteiger partial charge < -0.3 is 10.5 Å². The summed E-state index contributed by atoms with van der Waals surface area (Å²) in [5, 5.41) is 0. The maximum absolute atomic E-state index is 13.7. The molecule has 0 aliphatic carbocycles. The lowest BCUT2D eigenvalue weighted by molar-refractivity contribution is 0.1000. The summed E-state index contributed by atoms with van der Waals surface area (Å²) < 4.78 is 19.2. The zero-order valence-electron chi connectivity index (χ0n) is 12.0. The SMILES string of the molecule is CC(C)COc1cc(F)cc(-c2ccc(C(N)=O)cn2)c1. The molecule has 0 saturated carbocycles. The molecule has 0 atom stereocenters. The Morgan fingerprint density at radius 1 is 1.33 bits per heavy atom. The Balaban J connectivity index is 2.28. The highest BCUT2D eigenvalue weighted by Crippen LogP contribution is 2.24. The topological polar surface area (TPSA) is 65.2 Å². The lowest BCUT2D eigenvalue weighted by Crippen LogP contribution is -2.11. The van der Waals surface area contributed by atoms with Gasteiger partial charge in [-0.2, -0.15) is 0 Å². The van der Waals surface area contributed by atoms with Gasteiger partial charge in [0.05, 0.1) is 17.9 Å². The summed E-state index contributed by atoms with van der Waals surface area (Å²) in [5.74, 6) is -0.134. The van der Waals surface area contributed by atoms with Crippen LogP contribution in [0.5, 0.6) is 5.75 Å². The highest BCUT2D eigenvalue weighted by atomic mass is 19.1. The number of carbonyl (C=O) groups excluding carboxylic acids is 1. The summed E-state index contributed by atoms with van der Waals surface area (Å²) in [6.45, 7) is 4.55. The van der Waals surface area contributed by atoms with Gasteiger partial charge in [-0.25, -0.2) is 4.39 Å². The van der Waals surface area contributed by atoms with Gasteiger partial charge in [-0.15, -0.1) is 0 Å². The second-order valence-electron chi connectivity index (χ2n) is 5.18. The fraction of sp³-hybridized carbons (Fsp3) is 0.250. The zero-order valence-corrected chi connectivity index (χ0v) is 12.0. The lowest BCUT2D eigenvalue weighted by Gasteiger charge is -2.10. The van der Waals surface area contributed by atoms with Crippen LogP contribution in [-0.2, 0) is 0 Å². The molecule has 0 bridgehead atoms. The van der Waals surface area contributed by atoms with Crippen molar-refractivity contribution in [2.24, 2.45) is 11.7 Å². The van der Waals surface area contributed by atoms with Gasteiger partial charge >= 0.3 is 0 Å². The van der Waals surface area contributed by atoms with Gasteiger partial charge in [0, 0.05) is 17.8 Å². The molecule has 2 aromatic rings. The van der Waals surface area contributed by atoms with E-state index in [0.717, 1.165) is 0 Å². The fourth-order valence-corrected chi connectivity index (χ4v) is 1.77. The van der Waals surface area contributed by atoms with Gasteiger partial charge in [0.2, 0.25) is 5.91 Å². The minimum Gasteiger partial charge on any atom is -0.493 e. The molecule has 1 aromatic carbocycles. The molecule has 4 nitrogen and oxygen atoms in total. The summed E-state index contributed by atoms with van der Waals surface area (Å²) in [6, 6.07) is 7.61. The highest BCUT2D eigenvalue weighted by molar-refractivity contribution is 5.92. The van der Waals surface area contributed by atoms with Crippen LogP contribution in [0.4, 0.5) is 4.39 Å². The number of nitrogens with zero attached hydrogens (tertiary/aromatic N) is 1. The van der Waals surface area contributed by atoms with Gasteiger partial charge in [-0.05, 0) is 30.2 Å². The lowest BCUT2D eigenvalue weighted by atomic mass is 10.1. The van der Waals surface area contributed by atoms with Crippen LogP contribution in [0.1, 0.15) is 24.2 Å². The Morgan fingerprint density at radius 3 is 2.67 bits per heavy atom. The predicted molar refractivity (Wildman–Crippen MR) is 78.5 cm³/mol. The van der Waals surface area contributed by atoms with Gasteiger partial charge in [0.1, 0.15) is 11.6 Å². The van der Waals surface area contributed by atoms with Gasteiger partial charge in [0.15, 0.2) is 0 Å². The van der Waals surface area contributed by atoms with E-state index in [4.69, 9.17) is 10.5 Å². The number of halogens is 1. The van der Waals surface area contributed by atoms with Crippen molar-refractivity contribution in [2.45, 2.75) is 13.8 Å². The first-order valence-electron chi connectivity index (χ1n) is 6.65. The second-order valence-corrected chi connectivity index (χ2v) is 5.18. The molecule has 0 aliphatic heterocycles. The predicted octanol–water partition coefficient (Wildman–Crippen LogP) is 3.02. The molecule has 21 heavy (non-hydrogen) atoms. The van der Waals surface area contributed by atoms with Crippen molar-refractivity contribution in [3.63, 3.8) is 0 Å². The Bertz CT molecular complexity index is 639. The van der Waals surface area contributed by atoms with Crippen LogP contribution < -0.4 is 10.5 Å². The van der Waals surface area contributed by atoms with Crippen LogP contribution in [0.25, 0.3) is 11.3 Å². The summed E-state index contributed by atoms with van der Waals surface area (Å²) in [5.41, 5.74) is 6.61. The van der Waals surface area contributed by atoms with Crippen molar-refractivity contribution >= 4 is 5.91 Å². The van der Waals surface area contributed by atoms with Crippen molar-refractivity contribution in [3.05, 3.63) is 47.9 Å². The Hall–Kier alpha value is -2.43. The number of ether oxygens (including phenoxy) is 1. The molecule has 110 valence electrons. The van der Waals surface area contributed by atoms with Gasteiger partial charge in [-0.3, -0.25) is 9.78 Å². The third kappa shape index (κ3) is 4.02. The number of amides is 1. The molecule has 1 amide bonds. The third-order valence-corrected chi connectivity index (χ3v) is 2.80. The summed E-state index contributed by atoms with van der Waals surface area (Å²) in [7, 11) is 0. The van der Waals surface area contributed by atoms with E-state index in [2.05, 4.69) is 4.98 Å². The van der Waals surface area contributed by atoms with Crippen molar-refractivity contribution in [3.8, 4) is 17.0 Å². The average molecular weight is 288 g/mol. The van der Waals surface area contributed by atoms with E-state index in [0.29, 0.717) is 35.1 Å². The molecule has 0 saturated heterocycles. The van der Waals surface area contributed by atoms with Crippen LogP contribution in [0.2, 0.25) is 0 Å². The molecule has 2 N–H and O–H groups in total. The van der Waals surface area contributed by atoms with E-state index in [1.807, 2.05) is 13.8 Å². The molecular formula is C16H17FN2O2. The van der Waals surface area contributed by atoms with Crippen LogP contribution in [0.15, 0.2) is 36.5 Å². The zero-order chi connectivity index (χ0) is 15.4. The molecule has 0 aliphatic rings. The molecule has 0 radical (unpaired) electrons. The van der Waals surface area contributed by atoms with E-state index >= 15 is 0 Å². The number of primary amides is 1. The standard InChI is InChI=1S/C16H17FN2O2/c1-10(2)9-21-14-6-12(5-13(17)7-14)15-4-3-11(8-19-15)16(18)20/h3-8,10H,9H2,1-2H3,(H2,18,20). The highest BCUT2D eigenvalue weighted by Gasteiger charge is 2.07. The van der Waals surface area contributed by atoms with E-state index in [1.165, 1.54) is 18.3 Å². The minimum absolute atomic E-state index is 0.312. The first-order valence-corrected chi connectivity index (χ1v) is 6.65. The maximum atomic E-state index is 13.7. The van der Waals surface area contributed by atoms with Crippen LogP contribution >= 0.6 is 0 Å². The number of pyridine rings is 1. The normalized spacial score (nSPS) is 10.7. The quantitative estimate of drug-likeness (QED) is 0.919. The van der Waals surface area contributed by atoms with Gasteiger partial charge in [-0.1, -0.05) is 13.8 Å². The number of hydrogen-bond acceptors (Lipinski definition) is 3. The van der Waals surface area contributed by atoms with E-state index < -0.39 is 11.7 Å².